The molecule has 1 atom stereocenters. The van der Waals surface area contributed by atoms with Crippen LogP contribution in [0.5, 0.6) is 11.5 Å². The van der Waals surface area contributed by atoms with Crippen molar-refractivity contribution in [1.82, 2.24) is 19.9 Å². The van der Waals surface area contributed by atoms with Gasteiger partial charge in [0.1, 0.15) is 13.2 Å². The summed E-state index contributed by atoms with van der Waals surface area (Å²) in [5.74, 6) is 1.29. The number of hydrogen-bond acceptors (Lipinski definition) is 6. The van der Waals surface area contributed by atoms with E-state index >= 15 is 0 Å². The number of fused-ring (bicyclic) bond motifs is 1. The lowest BCUT2D eigenvalue weighted by atomic mass is 9.79. The minimum absolute atomic E-state index is 0. The summed E-state index contributed by atoms with van der Waals surface area (Å²) in [6.45, 7) is 8.35. The number of hydrogen-bond donors (Lipinski definition) is 1. The van der Waals surface area contributed by atoms with Crippen molar-refractivity contribution in [3.63, 3.8) is 0 Å². The number of carbonyl (C=O) groups is 1. The number of amides is 1. The second kappa shape index (κ2) is 7.60. The molecular weight excluding hydrogens is 382 g/mol. The number of piperidine rings is 1. The highest BCUT2D eigenvalue weighted by Gasteiger charge is 2.36. The lowest BCUT2D eigenvalue weighted by molar-refractivity contribution is 0.0526. The molecular formula is C19H26ClN5O3. The van der Waals surface area contributed by atoms with Crippen LogP contribution in [0, 0.1) is 12.3 Å². The van der Waals surface area contributed by atoms with Gasteiger partial charge in [-0.2, -0.15) is 0 Å². The van der Waals surface area contributed by atoms with E-state index in [4.69, 9.17) is 15.2 Å². The molecule has 1 saturated heterocycles. The molecule has 1 fully saturated rings. The lowest BCUT2D eigenvalue weighted by Crippen LogP contribution is -2.54. The summed E-state index contributed by atoms with van der Waals surface area (Å²) in [5.41, 5.74) is 7.92. The number of likely N-dealkylation sites (tertiary alicyclic amines) is 1. The highest BCUT2D eigenvalue weighted by atomic mass is 35.5. The Morgan fingerprint density at radius 3 is 2.68 bits per heavy atom. The molecule has 0 bridgehead atoms. The minimum Gasteiger partial charge on any atom is -0.486 e. The maximum absolute atomic E-state index is 13.0. The Hall–Kier alpha value is -2.32. The molecule has 152 valence electrons. The van der Waals surface area contributed by atoms with Crippen LogP contribution in [0.3, 0.4) is 0 Å². The average molecular weight is 408 g/mol. The average Bonchev–Trinajstić information content (AvgIpc) is 3.04. The van der Waals surface area contributed by atoms with Gasteiger partial charge in [-0.3, -0.25) is 4.79 Å². The van der Waals surface area contributed by atoms with Crippen LogP contribution < -0.4 is 15.2 Å². The summed E-state index contributed by atoms with van der Waals surface area (Å²) in [5, 5.41) is 8.36. The van der Waals surface area contributed by atoms with Crippen LogP contribution in [0.2, 0.25) is 0 Å². The molecule has 2 aliphatic rings. The molecule has 4 rings (SSSR count). The topological polar surface area (TPSA) is 95.5 Å². The lowest BCUT2D eigenvalue weighted by Gasteiger charge is -2.42. The maximum Gasteiger partial charge on any atom is 0.276 e. The van der Waals surface area contributed by atoms with Crippen LogP contribution in [-0.2, 0) is 0 Å². The summed E-state index contributed by atoms with van der Waals surface area (Å²) in [7, 11) is 0. The second-order valence-electron chi connectivity index (χ2n) is 7.87. The van der Waals surface area contributed by atoms with Crippen molar-refractivity contribution in [2.24, 2.45) is 11.1 Å². The van der Waals surface area contributed by atoms with Gasteiger partial charge in [0, 0.05) is 25.2 Å². The molecule has 0 radical (unpaired) electrons. The van der Waals surface area contributed by atoms with Crippen molar-refractivity contribution in [3.05, 3.63) is 29.6 Å². The Bertz CT molecular complexity index is 882. The highest BCUT2D eigenvalue weighted by molar-refractivity contribution is 5.93. The molecule has 8 nitrogen and oxygen atoms in total. The van der Waals surface area contributed by atoms with Crippen molar-refractivity contribution >= 4 is 18.3 Å². The Kier molecular flexibility index (Phi) is 5.54. The Balaban J connectivity index is 0.00000225. The monoisotopic (exact) mass is 407 g/mol. The number of carbonyl (C=O) groups excluding carboxylic acids is 1. The Labute approximate surface area is 170 Å². The van der Waals surface area contributed by atoms with E-state index in [9.17, 15) is 4.79 Å². The molecule has 0 saturated carbocycles. The molecule has 1 aromatic heterocycles. The van der Waals surface area contributed by atoms with Gasteiger partial charge in [0.05, 0.1) is 11.4 Å². The molecule has 0 spiro atoms. The number of nitrogens with zero attached hydrogens (tertiary/aromatic N) is 4. The first-order chi connectivity index (χ1) is 12.9. The van der Waals surface area contributed by atoms with Gasteiger partial charge in [0.15, 0.2) is 17.2 Å². The number of rotatable bonds is 2. The maximum atomic E-state index is 13.0. The SMILES string of the molecule is Cc1c(C(=O)N2CCC(N)C(C)(C)C2)nnn1-c1ccc2c(c1)OCCO2.Cl. The van der Waals surface area contributed by atoms with E-state index in [0.717, 1.165) is 12.1 Å². The molecule has 2 N–H and O–H groups in total. The van der Waals surface area contributed by atoms with E-state index in [1.807, 2.05) is 30.0 Å². The van der Waals surface area contributed by atoms with Gasteiger partial charge < -0.3 is 20.1 Å². The van der Waals surface area contributed by atoms with Crippen LogP contribution >= 0.6 is 12.4 Å². The third-order valence-electron chi connectivity index (χ3n) is 5.47. The Morgan fingerprint density at radius 2 is 1.96 bits per heavy atom. The zero-order valence-corrected chi connectivity index (χ0v) is 17.2. The summed E-state index contributed by atoms with van der Waals surface area (Å²) < 4.78 is 12.8. The van der Waals surface area contributed by atoms with Gasteiger partial charge in [-0.15, -0.1) is 17.5 Å². The normalized spacial score (nSPS) is 20.4. The molecule has 1 aromatic carbocycles. The van der Waals surface area contributed by atoms with Crippen LogP contribution in [0.1, 0.15) is 36.5 Å². The quantitative estimate of drug-likeness (QED) is 0.817. The standard InChI is InChI=1S/C19H25N5O3.ClH/c1-12-17(18(25)23-7-6-16(20)19(2,3)11-23)21-22-24(12)13-4-5-14-15(10-13)27-9-8-26-14;/h4-5,10,16H,6-9,11,20H2,1-3H3;1H. The summed E-state index contributed by atoms with van der Waals surface area (Å²) in [6.07, 6.45) is 0.786. The van der Waals surface area contributed by atoms with E-state index in [-0.39, 0.29) is 29.8 Å². The van der Waals surface area contributed by atoms with Crippen LogP contribution in [0.25, 0.3) is 5.69 Å². The van der Waals surface area contributed by atoms with Crippen molar-refractivity contribution in [2.45, 2.75) is 33.2 Å². The molecule has 1 amide bonds. The number of ether oxygens (including phenoxy) is 2. The number of nitrogens with two attached hydrogens (primary N) is 1. The van der Waals surface area contributed by atoms with Gasteiger partial charge in [-0.05, 0) is 30.9 Å². The van der Waals surface area contributed by atoms with E-state index in [2.05, 4.69) is 24.2 Å². The molecule has 1 unspecified atom stereocenters. The smallest absolute Gasteiger partial charge is 0.276 e. The Morgan fingerprint density at radius 1 is 1.25 bits per heavy atom. The third-order valence-corrected chi connectivity index (χ3v) is 5.47. The summed E-state index contributed by atoms with van der Waals surface area (Å²) in [6, 6.07) is 5.68. The zero-order chi connectivity index (χ0) is 19.2. The molecule has 2 aromatic rings. The largest absolute Gasteiger partial charge is 0.486 e. The van der Waals surface area contributed by atoms with Gasteiger partial charge in [-0.1, -0.05) is 19.1 Å². The third kappa shape index (κ3) is 3.54. The van der Waals surface area contributed by atoms with Crippen LogP contribution in [0.15, 0.2) is 18.2 Å². The fourth-order valence-electron chi connectivity index (χ4n) is 3.63. The molecule has 3 heterocycles. The molecule has 9 heteroatoms. The predicted octanol–water partition coefficient (Wildman–Crippen LogP) is 1.97. The summed E-state index contributed by atoms with van der Waals surface area (Å²) in [4.78, 5) is 14.8. The van der Waals surface area contributed by atoms with Crippen LogP contribution in [0.4, 0.5) is 0 Å². The van der Waals surface area contributed by atoms with Crippen molar-refractivity contribution in [1.29, 1.82) is 0 Å². The number of halogens is 1. The first kappa shape index (κ1) is 20.4. The minimum atomic E-state index is -0.117. The molecule has 28 heavy (non-hydrogen) atoms. The van der Waals surface area contributed by atoms with E-state index in [1.165, 1.54) is 0 Å². The molecule has 2 aliphatic heterocycles. The first-order valence-corrected chi connectivity index (χ1v) is 9.24. The fraction of sp³-hybridized carbons (Fsp3) is 0.526. The molecule has 0 aliphatic carbocycles. The van der Waals surface area contributed by atoms with E-state index < -0.39 is 0 Å². The second-order valence-corrected chi connectivity index (χ2v) is 7.87. The highest BCUT2D eigenvalue weighted by Crippen LogP contribution is 2.32. The van der Waals surface area contributed by atoms with Crippen molar-refractivity contribution < 1.29 is 14.3 Å². The predicted molar refractivity (Wildman–Crippen MR) is 107 cm³/mol. The van der Waals surface area contributed by atoms with Crippen LogP contribution in [-0.4, -0.2) is 58.1 Å². The van der Waals surface area contributed by atoms with Crippen molar-refractivity contribution in [3.8, 4) is 17.2 Å². The van der Waals surface area contributed by atoms with Gasteiger partial charge in [0.25, 0.3) is 5.91 Å². The fourth-order valence-corrected chi connectivity index (χ4v) is 3.63. The summed E-state index contributed by atoms with van der Waals surface area (Å²) >= 11 is 0. The number of benzene rings is 1. The number of aromatic nitrogens is 3. The van der Waals surface area contributed by atoms with E-state index in [1.54, 1.807) is 4.68 Å². The van der Waals surface area contributed by atoms with Crippen molar-refractivity contribution in [2.75, 3.05) is 26.3 Å². The van der Waals surface area contributed by atoms with Gasteiger partial charge in [-0.25, -0.2) is 4.68 Å². The first-order valence-electron chi connectivity index (χ1n) is 9.24. The van der Waals surface area contributed by atoms with Gasteiger partial charge >= 0.3 is 0 Å². The zero-order valence-electron chi connectivity index (χ0n) is 16.3. The van der Waals surface area contributed by atoms with E-state index in [0.29, 0.717) is 49.2 Å². The van der Waals surface area contributed by atoms with Gasteiger partial charge in [0.2, 0.25) is 0 Å².